The van der Waals surface area contributed by atoms with Crippen LogP contribution >= 0.6 is 11.3 Å². The van der Waals surface area contributed by atoms with Crippen molar-refractivity contribution in [1.82, 2.24) is 15.5 Å². The molecule has 6 heteroatoms. The van der Waals surface area contributed by atoms with Crippen LogP contribution in [0.15, 0.2) is 0 Å². The number of nitrogens with zero attached hydrogens (tertiary/aromatic N) is 2. The second kappa shape index (κ2) is 6.43. The Morgan fingerprint density at radius 1 is 1.42 bits per heavy atom. The fourth-order valence-electron chi connectivity index (χ4n) is 1.42. The minimum atomic E-state index is -0.458. The van der Waals surface area contributed by atoms with Gasteiger partial charge in [0.1, 0.15) is 10.0 Å². The maximum atomic E-state index is 11.8. The first kappa shape index (κ1) is 16.0. The highest BCUT2D eigenvalue weighted by Crippen LogP contribution is 2.25. The fraction of sp³-hybridized carbons (Fsp3) is 0.769. The van der Waals surface area contributed by atoms with Gasteiger partial charge in [0.2, 0.25) is 5.91 Å². The zero-order chi connectivity index (χ0) is 14.6. The minimum absolute atomic E-state index is 0.00689. The van der Waals surface area contributed by atoms with Crippen molar-refractivity contribution in [2.75, 3.05) is 0 Å². The molecule has 0 saturated heterocycles. The van der Waals surface area contributed by atoms with E-state index in [4.69, 9.17) is 5.73 Å². The van der Waals surface area contributed by atoms with Gasteiger partial charge >= 0.3 is 0 Å². The van der Waals surface area contributed by atoms with Crippen LogP contribution in [0, 0.1) is 5.92 Å². The lowest BCUT2D eigenvalue weighted by Gasteiger charge is -2.17. The van der Waals surface area contributed by atoms with E-state index in [0.717, 1.165) is 16.4 Å². The molecule has 1 heterocycles. The molecule has 0 spiro atoms. The van der Waals surface area contributed by atoms with Crippen molar-refractivity contribution >= 4 is 17.2 Å². The molecule has 1 amide bonds. The summed E-state index contributed by atoms with van der Waals surface area (Å²) >= 11 is 1.53. The maximum absolute atomic E-state index is 11.8. The number of rotatable bonds is 5. The molecule has 0 aromatic carbocycles. The third kappa shape index (κ3) is 4.54. The Balaban J connectivity index is 2.53. The Morgan fingerprint density at radius 2 is 2.05 bits per heavy atom. The highest BCUT2D eigenvalue weighted by atomic mass is 32.1. The normalized spacial score (nSPS) is 15.1. The molecule has 0 radical (unpaired) electrons. The fourth-order valence-corrected chi connectivity index (χ4v) is 2.26. The molecule has 19 heavy (non-hydrogen) atoms. The summed E-state index contributed by atoms with van der Waals surface area (Å²) in [5.41, 5.74) is 5.86. The van der Waals surface area contributed by atoms with Crippen LogP contribution in [0.4, 0.5) is 0 Å². The lowest BCUT2D eigenvalue weighted by molar-refractivity contribution is -0.123. The number of hydrogen-bond acceptors (Lipinski definition) is 5. The second-order valence-electron chi connectivity index (χ2n) is 5.88. The van der Waals surface area contributed by atoms with E-state index in [9.17, 15) is 4.79 Å². The highest BCUT2D eigenvalue weighted by Gasteiger charge is 2.21. The second-order valence-corrected chi connectivity index (χ2v) is 6.94. The molecule has 0 fully saturated rings. The Hall–Kier alpha value is -1.01. The first-order valence-corrected chi connectivity index (χ1v) is 7.43. The molecule has 2 atom stereocenters. The van der Waals surface area contributed by atoms with Crippen molar-refractivity contribution in [3.8, 4) is 0 Å². The smallest absolute Gasteiger partial charge is 0.237 e. The van der Waals surface area contributed by atoms with Crippen molar-refractivity contribution in [2.24, 2.45) is 11.7 Å². The molecular weight excluding hydrogens is 260 g/mol. The van der Waals surface area contributed by atoms with Crippen molar-refractivity contribution in [1.29, 1.82) is 0 Å². The van der Waals surface area contributed by atoms with Gasteiger partial charge in [0.25, 0.3) is 0 Å². The number of aromatic nitrogens is 2. The Labute approximate surface area is 119 Å². The molecule has 0 bridgehead atoms. The van der Waals surface area contributed by atoms with Crippen molar-refractivity contribution in [3.63, 3.8) is 0 Å². The van der Waals surface area contributed by atoms with Gasteiger partial charge in [0.05, 0.1) is 12.6 Å². The standard InChI is InChI=1S/C13H24N4OS/c1-6-8(2)10(14)11(18)15-7-9-16-17-12(19-9)13(3,4)5/h8,10H,6-7,14H2,1-5H3,(H,15,18). The van der Waals surface area contributed by atoms with Gasteiger partial charge in [-0.2, -0.15) is 0 Å². The number of amides is 1. The van der Waals surface area contributed by atoms with Gasteiger partial charge in [0.15, 0.2) is 0 Å². The van der Waals surface area contributed by atoms with Crippen LogP contribution in [0.25, 0.3) is 0 Å². The summed E-state index contributed by atoms with van der Waals surface area (Å²) in [5, 5.41) is 12.9. The van der Waals surface area contributed by atoms with E-state index in [1.165, 1.54) is 11.3 Å². The SMILES string of the molecule is CCC(C)C(N)C(=O)NCc1nnc(C(C)(C)C)s1. The summed E-state index contributed by atoms with van der Waals surface area (Å²) < 4.78 is 0. The molecule has 3 N–H and O–H groups in total. The molecule has 1 aromatic rings. The van der Waals surface area contributed by atoms with Gasteiger partial charge in [-0.1, -0.05) is 52.4 Å². The van der Waals surface area contributed by atoms with E-state index in [1.807, 2.05) is 13.8 Å². The lowest BCUT2D eigenvalue weighted by Crippen LogP contribution is -2.44. The highest BCUT2D eigenvalue weighted by molar-refractivity contribution is 7.11. The predicted molar refractivity (Wildman–Crippen MR) is 77.9 cm³/mol. The number of carbonyl (C=O) groups excluding carboxylic acids is 1. The van der Waals surface area contributed by atoms with E-state index in [1.54, 1.807) is 0 Å². The number of hydrogen-bond donors (Lipinski definition) is 2. The lowest BCUT2D eigenvalue weighted by atomic mass is 9.98. The first-order chi connectivity index (χ1) is 8.75. The van der Waals surface area contributed by atoms with Crippen molar-refractivity contribution in [2.45, 2.75) is 59.0 Å². The molecule has 5 nitrogen and oxygen atoms in total. The summed E-state index contributed by atoms with van der Waals surface area (Å²) in [6, 6.07) is -0.458. The quantitative estimate of drug-likeness (QED) is 0.864. The van der Waals surface area contributed by atoms with E-state index in [0.29, 0.717) is 6.54 Å². The Kier molecular flexibility index (Phi) is 5.43. The topological polar surface area (TPSA) is 80.9 Å². The van der Waals surface area contributed by atoms with E-state index in [-0.39, 0.29) is 17.2 Å². The van der Waals surface area contributed by atoms with Gasteiger partial charge in [0, 0.05) is 5.41 Å². The van der Waals surface area contributed by atoms with Gasteiger partial charge in [-0.15, -0.1) is 10.2 Å². The minimum Gasteiger partial charge on any atom is -0.348 e. The zero-order valence-electron chi connectivity index (χ0n) is 12.4. The molecule has 1 aromatic heterocycles. The molecule has 0 aliphatic rings. The van der Waals surface area contributed by atoms with Gasteiger partial charge in [-0.3, -0.25) is 4.79 Å². The molecule has 0 saturated carbocycles. The third-order valence-corrected chi connectivity index (χ3v) is 4.43. The van der Waals surface area contributed by atoms with Gasteiger partial charge in [-0.25, -0.2) is 0 Å². The summed E-state index contributed by atoms with van der Waals surface area (Å²) in [7, 11) is 0. The van der Waals surface area contributed by atoms with E-state index in [2.05, 4.69) is 36.3 Å². The van der Waals surface area contributed by atoms with Gasteiger partial charge < -0.3 is 11.1 Å². The van der Waals surface area contributed by atoms with Crippen LogP contribution in [0.2, 0.25) is 0 Å². The van der Waals surface area contributed by atoms with Crippen LogP contribution in [0.3, 0.4) is 0 Å². The maximum Gasteiger partial charge on any atom is 0.237 e. The predicted octanol–water partition coefficient (Wildman–Crippen LogP) is 1.83. The Morgan fingerprint density at radius 3 is 2.53 bits per heavy atom. The number of nitrogens with two attached hydrogens (primary N) is 1. The van der Waals surface area contributed by atoms with E-state index >= 15 is 0 Å². The summed E-state index contributed by atoms with van der Waals surface area (Å²) in [4.78, 5) is 11.8. The molecule has 1 rings (SSSR count). The zero-order valence-corrected chi connectivity index (χ0v) is 13.2. The third-order valence-electron chi connectivity index (χ3n) is 3.08. The first-order valence-electron chi connectivity index (χ1n) is 6.61. The van der Waals surface area contributed by atoms with Crippen LogP contribution < -0.4 is 11.1 Å². The van der Waals surface area contributed by atoms with Crippen LogP contribution in [-0.2, 0) is 16.8 Å². The van der Waals surface area contributed by atoms with E-state index < -0.39 is 6.04 Å². The summed E-state index contributed by atoms with van der Waals surface area (Å²) in [6.07, 6.45) is 0.890. The van der Waals surface area contributed by atoms with Crippen molar-refractivity contribution < 1.29 is 4.79 Å². The van der Waals surface area contributed by atoms with Crippen LogP contribution in [-0.4, -0.2) is 22.1 Å². The molecular formula is C13H24N4OS. The Bertz CT molecular complexity index is 425. The largest absolute Gasteiger partial charge is 0.348 e. The average Bonchev–Trinajstić information content (AvgIpc) is 2.82. The summed E-state index contributed by atoms with van der Waals surface area (Å²) in [6.45, 7) is 10.7. The monoisotopic (exact) mass is 284 g/mol. The molecule has 0 aliphatic carbocycles. The van der Waals surface area contributed by atoms with Gasteiger partial charge in [-0.05, 0) is 5.92 Å². The molecule has 0 aliphatic heterocycles. The number of nitrogens with one attached hydrogen (secondary N) is 1. The van der Waals surface area contributed by atoms with Crippen LogP contribution in [0.5, 0.6) is 0 Å². The van der Waals surface area contributed by atoms with Crippen LogP contribution in [0.1, 0.15) is 51.1 Å². The number of carbonyl (C=O) groups is 1. The molecule has 108 valence electrons. The summed E-state index contributed by atoms with van der Waals surface area (Å²) in [5.74, 6) is 0.0569. The molecule has 2 unspecified atom stereocenters. The average molecular weight is 284 g/mol. The van der Waals surface area contributed by atoms with Crippen molar-refractivity contribution in [3.05, 3.63) is 10.0 Å².